The molecule has 8 nitrogen and oxygen atoms in total. The Balaban J connectivity index is 1.54. The summed E-state index contributed by atoms with van der Waals surface area (Å²) in [6.07, 6.45) is 3.50. The standard InChI is InChI=1S/C18H26N6O2/c1-13-14(2)20-21-15(13)5-6-17(25)23-9-4-10-24(12-11-23)18(26)16-7-8-19-22(16)3/h7-8H,4-6,9-12H2,1-3H3,(H,20,21). The summed E-state index contributed by atoms with van der Waals surface area (Å²) in [6.45, 7) is 6.47. The summed E-state index contributed by atoms with van der Waals surface area (Å²) in [4.78, 5) is 28.9. The molecule has 3 rings (SSSR count). The molecule has 2 amide bonds. The minimum atomic E-state index is -0.0260. The van der Waals surface area contributed by atoms with Gasteiger partial charge < -0.3 is 9.80 Å². The Bertz CT molecular complexity index is 793. The number of nitrogens with zero attached hydrogens (tertiary/aromatic N) is 5. The van der Waals surface area contributed by atoms with Gasteiger partial charge in [0.1, 0.15) is 5.69 Å². The highest BCUT2D eigenvalue weighted by molar-refractivity contribution is 5.92. The van der Waals surface area contributed by atoms with Crippen LogP contribution >= 0.6 is 0 Å². The van der Waals surface area contributed by atoms with Crippen LogP contribution in [0, 0.1) is 13.8 Å². The zero-order chi connectivity index (χ0) is 18.7. The second-order valence-electron chi connectivity index (χ2n) is 6.79. The molecule has 0 bridgehead atoms. The van der Waals surface area contributed by atoms with E-state index in [9.17, 15) is 9.59 Å². The number of nitrogens with one attached hydrogen (secondary N) is 1. The summed E-state index contributed by atoms with van der Waals surface area (Å²) in [7, 11) is 1.76. The number of aryl methyl sites for hydroxylation is 3. The van der Waals surface area contributed by atoms with Gasteiger partial charge in [0.25, 0.3) is 5.91 Å². The molecule has 0 aromatic carbocycles. The number of carbonyl (C=O) groups is 2. The van der Waals surface area contributed by atoms with Crippen molar-refractivity contribution in [2.45, 2.75) is 33.1 Å². The van der Waals surface area contributed by atoms with Crippen LogP contribution < -0.4 is 0 Å². The summed E-state index contributed by atoms with van der Waals surface area (Å²) in [5, 5.41) is 11.3. The van der Waals surface area contributed by atoms with Gasteiger partial charge in [0.05, 0.1) is 5.69 Å². The molecule has 3 heterocycles. The molecule has 1 aliphatic rings. The highest BCUT2D eigenvalue weighted by Gasteiger charge is 2.24. The van der Waals surface area contributed by atoms with Crippen molar-refractivity contribution in [3.63, 3.8) is 0 Å². The van der Waals surface area contributed by atoms with Crippen molar-refractivity contribution in [3.05, 3.63) is 34.9 Å². The van der Waals surface area contributed by atoms with E-state index < -0.39 is 0 Å². The average molecular weight is 358 g/mol. The Morgan fingerprint density at radius 3 is 2.54 bits per heavy atom. The molecule has 140 valence electrons. The van der Waals surface area contributed by atoms with Crippen LogP contribution in [0.5, 0.6) is 0 Å². The van der Waals surface area contributed by atoms with Crippen molar-refractivity contribution in [2.24, 2.45) is 7.05 Å². The zero-order valence-corrected chi connectivity index (χ0v) is 15.7. The van der Waals surface area contributed by atoms with Gasteiger partial charge in [-0.2, -0.15) is 10.2 Å². The largest absolute Gasteiger partial charge is 0.341 e. The number of amides is 2. The second-order valence-corrected chi connectivity index (χ2v) is 6.79. The molecular formula is C18H26N6O2. The van der Waals surface area contributed by atoms with Crippen LogP contribution in [0.1, 0.15) is 40.3 Å². The normalized spacial score (nSPS) is 15.2. The van der Waals surface area contributed by atoms with Gasteiger partial charge in [-0.1, -0.05) is 0 Å². The predicted octanol–water partition coefficient (Wildman–Crippen LogP) is 1.07. The predicted molar refractivity (Wildman–Crippen MR) is 96.7 cm³/mol. The van der Waals surface area contributed by atoms with Gasteiger partial charge in [0, 0.05) is 58.0 Å². The van der Waals surface area contributed by atoms with Crippen LogP contribution in [0.3, 0.4) is 0 Å². The van der Waals surface area contributed by atoms with Gasteiger partial charge in [-0.15, -0.1) is 0 Å². The number of hydrogen-bond acceptors (Lipinski definition) is 4. The molecule has 0 spiro atoms. The number of carbonyl (C=O) groups excluding carboxylic acids is 2. The van der Waals surface area contributed by atoms with Crippen molar-refractivity contribution >= 4 is 11.8 Å². The molecule has 0 atom stereocenters. The first kappa shape index (κ1) is 18.2. The molecule has 1 saturated heterocycles. The van der Waals surface area contributed by atoms with Crippen molar-refractivity contribution in [2.75, 3.05) is 26.2 Å². The average Bonchev–Trinajstić information content (AvgIpc) is 3.08. The van der Waals surface area contributed by atoms with Crippen LogP contribution in [0.25, 0.3) is 0 Å². The molecule has 1 N–H and O–H groups in total. The zero-order valence-electron chi connectivity index (χ0n) is 15.7. The lowest BCUT2D eigenvalue weighted by Gasteiger charge is -2.22. The Hall–Kier alpha value is -2.64. The first-order valence-electron chi connectivity index (χ1n) is 9.03. The molecule has 26 heavy (non-hydrogen) atoms. The van der Waals surface area contributed by atoms with Gasteiger partial charge in [0.2, 0.25) is 5.91 Å². The van der Waals surface area contributed by atoms with Gasteiger partial charge in [-0.25, -0.2) is 0 Å². The molecule has 2 aromatic rings. The van der Waals surface area contributed by atoms with Crippen LogP contribution in [0.15, 0.2) is 12.3 Å². The van der Waals surface area contributed by atoms with Gasteiger partial charge in [0.15, 0.2) is 0 Å². The molecule has 2 aromatic heterocycles. The third-order valence-corrected chi connectivity index (χ3v) is 5.11. The first-order chi connectivity index (χ1) is 12.5. The van der Waals surface area contributed by atoms with E-state index in [1.54, 1.807) is 24.0 Å². The van der Waals surface area contributed by atoms with E-state index in [1.807, 2.05) is 23.6 Å². The fourth-order valence-electron chi connectivity index (χ4n) is 3.28. The number of hydrogen-bond donors (Lipinski definition) is 1. The van der Waals surface area contributed by atoms with Crippen molar-refractivity contribution in [1.29, 1.82) is 0 Å². The maximum absolute atomic E-state index is 12.6. The van der Waals surface area contributed by atoms with Crippen molar-refractivity contribution < 1.29 is 9.59 Å². The Labute approximate surface area is 153 Å². The third-order valence-electron chi connectivity index (χ3n) is 5.11. The maximum atomic E-state index is 12.6. The summed E-state index contributed by atoms with van der Waals surface area (Å²) in [5.74, 6) is 0.0989. The SMILES string of the molecule is Cc1[nH]nc(CCC(=O)N2CCCN(C(=O)c3ccnn3C)CC2)c1C. The maximum Gasteiger partial charge on any atom is 0.272 e. The van der Waals surface area contributed by atoms with E-state index >= 15 is 0 Å². The van der Waals surface area contributed by atoms with Crippen LogP contribution in [-0.4, -0.2) is 67.8 Å². The van der Waals surface area contributed by atoms with E-state index in [1.165, 1.54) is 0 Å². The highest BCUT2D eigenvalue weighted by atomic mass is 16.2. The first-order valence-corrected chi connectivity index (χ1v) is 9.03. The molecule has 0 saturated carbocycles. The number of H-pyrrole nitrogens is 1. The third kappa shape index (κ3) is 3.79. The minimum absolute atomic E-state index is 0.0260. The molecular weight excluding hydrogens is 332 g/mol. The molecule has 0 aliphatic carbocycles. The highest BCUT2D eigenvalue weighted by Crippen LogP contribution is 2.13. The topological polar surface area (TPSA) is 87.1 Å². The molecule has 8 heteroatoms. The lowest BCUT2D eigenvalue weighted by molar-refractivity contribution is -0.131. The second kappa shape index (κ2) is 7.72. The Morgan fingerprint density at radius 2 is 1.88 bits per heavy atom. The lowest BCUT2D eigenvalue weighted by atomic mass is 10.1. The molecule has 1 fully saturated rings. The monoisotopic (exact) mass is 358 g/mol. The fraction of sp³-hybridized carbons (Fsp3) is 0.556. The van der Waals surface area contributed by atoms with Crippen molar-refractivity contribution in [3.8, 4) is 0 Å². The van der Waals surface area contributed by atoms with Gasteiger partial charge in [-0.05, 0) is 31.9 Å². The Morgan fingerprint density at radius 1 is 1.15 bits per heavy atom. The quantitative estimate of drug-likeness (QED) is 0.886. The lowest BCUT2D eigenvalue weighted by Crippen LogP contribution is -2.38. The van der Waals surface area contributed by atoms with Gasteiger partial charge in [-0.3, -0.25) is 19.4 Å². The summed E-state index contributed by atoms with van der Waals surface area (Å²) in [6, 6.07) is 1.73. The number of aromatic amines is 1. The van der Waals surface area contributed by atoms with E-state index in [0.29, 0.717) is 44.7 Å². The molecule has 0 unspecified atom stereocenters. The molecule has 1 aliphatic heterocycles. The summed E-state index contributed by atoms with van der Waals surface area (Å²) >= 11 is 0. The van der Waals surface area contributed by atoms with Crippen LogP contribution in [0.4, 0.5) is 0 Å². The van der Waals surface area contributed by atoms with E-state index in [4.69, 9.17) is 0 Å². The van der Waals surface area contributed by atoms with Gasteiger partial charge >= 0.3 is 0 Å². The Kier molecular flexibility index (Phi) is 5.39. The number of rotatable bonds is 4. The fourth-order valence-corrected chi connectivity index (χ4v) is 3.28. The van der Waals surface area contributed by atoms with E-state index in [-0.39, 0.29) is 11.8 Å². The summed E-state index contributed by atoms with van der Waals surface area (Å²) < 4.78 is 1.59. The van der Waals surface area contributed by atoms with Crippen molar-refractivity contribution in [1.82, 2.24) is 29.8 Å². The molecule has 0 radical (unpaired) electrons. The van der Waals surface area contributed by atoms with E-state index in [0.717, 1.165) is 23.4 Å². The van der Waals surface area contributed by atoms with E-state index in [2.05, 4.69) is 15.3 Å². The van der Waals surface area contributed by atoms with Crippen LogP contribution in [-0.2, 0) is 18.3 Å². The number of aromatic nitrogens is 4. The smallest absolute Gasteiger partial charge is 0.272 e. The summed E-state index contributed by atoms with van der Waals surface area (Å²) in [5.41, 5.74) is 3.71. The minimum Gasteiger partial charge on any atom is -0.341 e. The van der Waals surface area contributed by atoms with Crippen LogP contribution in [0.2, 0.25) is 0 Å².